The van der Waals surface area contributed by atoms with E-state index in [1.807, 2.05) is 18.2 Å². The van der Waals surface area contributed by atoms with E-state index in [-0.39, 0.29) is 0 Å². The van der Waals surface area contributed by atoms with Gasteiger partial charge >= 0.3 is 0 Å². The zero-order valence-corrected chi connectivity index (χ0v) is 25.2. The van der Waals surface area contributed by atoms with Crippen LogP contribution >= 0.6 is 0 Å². The maximum absolute atomic E-state index is 5.05. The second kappa shape index (κ2) is 10.2. The minimum absolute atomic E-state index is 0.929. The van der Waals surface area contributed by atoms with Crippen LogP contribution in [0.1, 0.15) is 11.3 Å². The molecule has 0 spiro atoms. The molecule has 0 unspecified atom stereocenters. The quantitative estimate of drug-likeness (QED) is 0.196. The van der Waals surface area contributed by atoms with Crippen molar-refractivity contribution >= 4 is 61.4 Å². The molecule has 0 saturated heterocycles. The summed E-state index contributed by atoms with van der Waals surface area (Å²) < 4.78 is 4.56. The van der Waals surface area contributed by atoms with Gasteiger partial charge in [-0.05, 0) is 76.2 Å². The third-order valence-electron chi connectivity index (χ3n) is 9.28. The summed E-state index contributed by atoms with van der Waals surface area (Å²) in [5.74, 6) is 0. The van der Waals surface area contributed by atoms with Gasteiger partial charge in [-0.1, -0.05) is 116 Å². The number of nitrogens with zero attached hydrogens (tertiary/aromatic N) is 3. The van der Waals surface area contributed by atoms with Crippen LogP contribution in [0.5, 0.6) is 0 Å². The van der Waals surface area contributed by atoms with Crippen molar-refractivity contribution in [2.75, 3.05) is 0 Å². The van der Waals surface area contributed by atoms with Crippen molar-refractivity contribution < 1.29 is 0 Å². The fourth-order valence-corrected chi connectivity index (χ4v) is 7.13. The zero-order chi connectivity index (χ0) is 30.8. The second-order valence-corrected chi connectivity index (χ2v) is 11.7. The van der Waals surface area contributed by atoms with E-state index in [2.05, 4.69) is 156 Å². The largest absolute Gasteiger partial charge is 0.309 e. The van der Waals surface area contributed by atoms with Crippen LogP contribution in [0.3, 0.4) is 0 Å². The highest BCUT2D eigenvalue weighted by Crippen LogP contribution is 2.36. The highest BCUT2D eigenvalue weighted by molar-refractivity contribution is 6.09. The van der Waals surface area contributed by atoms with Crippen LogP contribution in [0.15, 0.2) is 153 Å². The smallest absolute Gasteiger partial charge is 0.146 e. The summed E-state index contributed by atoms with van der Waals surface area (Å²) >= 11 is 0. The van der Waals surface area contributed by atoms with E-state index in [4.69, 9.17) is 4.98 Å². The predicted octanol–water partition coefficient (Wildman–Crippen LogP) is 11.4. The number of hydrogen-bond donors (Lipinski definition) is 0. The van der Waals surface area contributed by atoms with Gasteiger partial charge in [0.15, 0.2) is 0 Å². The molecule has 6 aromatic carbocycles. The molecular weight excluding hydrogens is 558 g/mol. The Balaban J connectivity index is 1.10. The number of para-hydroxylation sites is 4. The lowest BCUT2D eigenvalue weighted by Gasteiger charge is -2.13. The Morgan fingerprint density at radius 2 is 1.02 bits per heavy atom. The third-order valence-corrected chi connectivity index (χ3v) is 9.28. The molecule has 0 bridgehead atoms. The van der Waals surface area contributed by atoms with Crippen LogP contribution in [0.25, 0.3) is 89.4 Å². The first-order chi connectivity index (χ1) is 22.7. The van der Waals surface area contributed by atoms with E-state index in [1.165, 1.54) is 32.9 Å². The first-order valence-electron chi connectivity index (χ1n) is 15.5. The Morgan fingerprint density at radius 1 is 0.478 bits per heavy atom. The number of hydrogen-bond acceptors (Lipinski definition) is 1. The maximum atomic E-state index is 5.05. The number of rotatable bonds is 5. The van der Waals surface area contributed by atoms with Crippen molar-refractivity contribution in [2.24, 2.45) is 0 Å². The molecule has 0 atom stereocenters. The fourth-order valence-electron chi connectivity index (χ4n) is 7.13. The first kappa shape index (κ1) is 26.2. The van der Waals surface area contributed by atoms with Crippen molar-refractivity contribution in [3.05, 3.63) is 164 Å². The Bertz CT molecular complexity index is 2600. The molecule has 0 aliphatic heterocycles. The molecule has 3 nitrogen and oxygen atoms in total. The van der Waals surface area contributed by atoms with Gasteiger partial charge in [-0.3, -0.25) is 4.40 Å². The van der Waals surface area contributed by atoms with Gasteiger partial charge in [-0.25, -0.2) is 4.98 Å². The molecule has 0 fully saturated rings. The van der Waals surface area contributed by atoms with Gasteiger partial charge < -0.3 is 4.57 Å². The van der Waals surface area contributed by atoms with E-state index in [0.29, 0.717) is 0 Å². The average Bonchev–Trinajstić information content (AvgIpc) is 3.68. The van der Waals surface area contributed by atoms with Gasteiger partial charge in [0.2, 0.25) is 0 Å². The Hall–Kier alpha value is -6.19. The van der Waals surface area contributed by atoms with E-state index in [9.17, 15) is 0 Å². The maximum Gasteiger partial charge on any atom is 0.146 e. The molecule has 9 aromatic rings. The molecule has 0 amide bonds. The first-order valence-corrected chi connectivity index (χ1v) is 15.5. The monoisotopic (exact) mass is 587 g/mol. The predicted molar refractivity (Wildman–Crippen MR) is 196 cm³/mol. The molecule has 216 valence electrons. The Kier molecular flexibility index (Phi) is 5.81. The van der Waals surface area contributed by atoms with Crippen LogP contribution in [-0.4, -0.2) is 14.0 Å². The zero-order valence-electron chi connectivity index (χ0n) is 25.2. The summed E-state index contributed by atoms with van der Waals surface area (Å²) in [7, 11) is 0. The average molecular weight is 588 g/mol. The molecule has 0 N–H and O–H groups in total. The lowest BCUT2D eigenvalue weighted by molar-refractivity contribution is 1.18. The van der Waals surface area contributed by atoms with Crippen LogP contribution < -0.4 is 0 Å². The van der Waals surface area contributed by atoms with E-state index >= 15 is 0 Å². The molecular formula is C43H29N3. The molecule has 3 aromatic heterocycles. The van der Waals surface area contributed by atoms with Gasteiger partial charge in [-0.15, -0.1) is 0 Å². The Morgan fingerprint density at radius 3 is 1.65 bits per heavy atom. The van der Waals surface area contributed by atoms with Crippen molar-refractivity contribution in [2.45, 2.75) is 0 Å². The van der Waals surface area contributed by atoms with Crippen molar-refractivity contribution in [3.63, 3.8) is 0 Å². The van der Waals surface area contributed by atoms with Crippen LogP contribution in [-0.2, 0) is 0 Å². The van der Waals surface area contributed by atoms with Crippen LogP contribution in [0.4, 0.5) is 0 Å². The third kappa shape index (κ3) is 3.82. The summed E-state index contributed by atoms with van der Waals surface area (Å²) in [5.41, 5.74) is 13.3. The normalized spacial score (nSPS) is 11.7. The number of benzene rings is 6. The minimum Gasteiger partial charge on any atom is -0.309 e. The van der Waals surface area contributed by atoms with Crippen molar-refractivity contribution in [1.29, 1.82) is 0 Å². The van der Waals surface area contributed by atoms with Crippen LogP contribution in [0, 0.1) is 0 Å². The number of aromatic nitrogens is 3. The number of pyridine rings is 1. The van der Waals surface area contributed by atoms with Crippen molar-refractivity contribution in [1.82, 2.24) is 14.0 Å². The van der Waals surface area contributed by atoms with Crippen molar-refractivity contribution in [3.8, 4) is 27.9 Å². The van der Waals surface area contributed by atoms with E-state index < -0.39 is 0 Å². The summed E-state index contributed by atoms with van der Waals surface area (Å²) in [5, 5.41) is 4.76. The van der Waals surface area contributed by atoms with E-state index in [0.717, 1.165) is 55.5 Å². The topological polar surface area (TPSA) is 22.2 Å². The molecule has 0 aliphatic rings. The van der Waals surface area contributed by atoms with Crippen LogP contribution in [0.2, 0.25) is 0 Å². The lowest BCUT2D eigenvalue weighted by Crippen LogP contribution is -1.97. The highest BCUT2D eigenvalue weighted by Gasteiger charge is 2.16. The van der Waals surface area contributed by atoms with E-state index in [1.54, 1.807) is 0 Å². The van der Waals surface area contributed by atoms with Gasteiger partial charge in [0.05, 0.1) is 27.8 Å². The molecule has 3 heterocycles. The molecule has 46 heavy (non-hydrogen) atoms. The summed E-state index contributed by atoms with van der Waals surface area (Å²) in [6, 6.07) is 49.9. The van der Waals surface area contributed by atoms with Gasteiger partial charge in [0.1, 0.15) is 5.65 Å². The summed E-state index contributed by atoms with van der Waals surface area (Å²) in [6.07, 6.45) is 3.83. The Labute approximate surface area is 266 Å². The molecule has 9 rings (SSSR count). The summed E-state index contributed by atoms with van der Waals surface area (Å²) in [6.45, 7) is 8.27. The molecule has 3 heteroatoms. The lowest BCUT2D eigenvalue weighted by atomic mass is 9.96. The summed E-state index contributed by atoms with van der Waals surface area (Å²) in [4.78, 5) is 5.05. The second-order valence-electron chi connectivity index (χ2n) is 11.7. The minimum atomic E-state index is 0.929. The molecule has 0 saturated carbocycles. The van der Waals surface area contributed by atoms with Gasteiger partial charge in [-0.2, -0.15) is 0 Å². The van der Waals surface area contributed by atoms with Gasteiger partial charge in [0.25, 0.3) is 0 Å². The molecule has 0 aliphatic carbocycles. The highest BCUT2D eigenvalue weighted by atomic mass is 15.0. The fraction of sp³-hybridized carbons (Fsp3) is 0. The molecule has 0 radical (unpaired) electrons. The standard InChI is InChI=1S/C43H29N3/c1-3-33-34-26-23-31(27-37(34)43-44-38-13-7-10-16-42(38)46(43)39(33)4-2)30-19-17-28(18-20-30)29-21-24-32(25-22-29)45-40-14-8-5-11-35(40)36-12-6-9-15-41(36)45/h3-27H,1-2H2. The van der Waals surface area contributed by atoms with Gasteiger partial charge in [0, 0.05) is 27.4 Å². The SMILES string of the molecule is C=Cc1c(C=C)n2c3ccccc3nc2c2cc(-c3ccc(-c4ccc(-n5c6ccccc6c6ccccc65)cc4)cc3)ccc12. The number of imidazole rings is 1. The number of fused-ring (bicyclic) bond motifs is 8.